The number of halogens is 2. The van der Waals surface area contributed by atoms with Gasteiger partial charge >= 0.3 is 0 Å². The molecular weight excluding hydrogens is 567 g/mol. The van der Waals surface area contributed by atoms with Gasteiger partial charge in [-0.3, -0.25) is 19.4 Å². The van der Waals surface area contributed by atoms with Gasteiger partial charge in [0.05, 0.1) is 11.4 Å². The number of thiocarbonyl (C=S) groups is 1. The largest absolute Gasteiger partial charge is 0.488 e. The minimum absolute atomic E-state index is 0.0615. The van der Waals surface area contributed by atoms with E-state index < -0.39 is 11.8 Å². The molecule has 0 saturated carbocycles. The zero-order chi connectivity index (χ0) is 26.6. The Morgan fingerprint density at radius 1 is 0.789 bits per heavy atom. The zero-order valence-electron chi connectivity index (χ0n) is 19.9. The Morgan fingerprint density at radius 3 is 1.97 bits per heavy atom. The van der Waals surface area contributed by atoms with E-state index in [2.05, 4.69) is 15.9 Å². The first-order chi connectivity index (χ1) is 18.4. The lowest BCUT2D eigenvalue weighted by Gasteiger charge is -2.36. The lowest BCUT2D eigenvalue weighted by atomic mass is 10.0. The van der Waals surface area contributed by atoms with Crippen LogP contribution in [0.2, 0.25) is 0 Å². The standard InChI is InChI=1S/C30H20BrFN2O3S/c31-22-14-15-27(37-19-20-8-7-9-23(32)16-20)21(17-22)18-26-28(35)33(24-10-3-1-4-11-24)30(38)34(29(26)36)25-12-5-2-6-13-25/h1-18H,19H2. The van der Waals surface area contributed by atoms with E-state index in [0.717, 1.165) is 4.47 Å². The summed E-state index contributed by atoms with van der Waals surface area (Å²) < 4.78 is 20.4. The van der Waals surface area contributed by atoms with Crippen molar-refractivity contribution < 1.29 is 18.7 Å². The number of anilines is 2. The van der Waals surface area contributed by atoms with E-state index in [1.807, 2.05) is 12.1 Å². The van der Waals surface area contributed by atoms with E-state index in [9.17, 15) is 14.0 Å². The van der Waals surface area contributed by atoms with Crippen LogP contribution in [0.5, 0.6) is 5.75 Å². The Balaban J connectivity index is 1.58. The van der Waals surface area contributed by atoms with Gasteiger partial charge in [0.15, 0.2) is 5.11 Å². The minimum atomic E-state index is -0.547. The highest BCUT2D eigenvalue weighted by molar-refractivity contribution is 9.10. The molecule has 1 saturated heterocycles. The molecule has 1 heterocycles. The van der Waals surface area contributed by atoms with Gasteiger partial charge in [-0.25, -0.2) is 4.39 Å². The molecule has 0 radical (unpaired) electrons. The van der Waals surface area contributed by atoms with Gasteiger partial charge in [0.25, 0.3) is 11.8 Å². The molecule has 8 heteroatoms. The Kier molecular flexibility index (Phi) is 7.44. The van der Waals surface area contributed by atoms with Crippen molar-refractivity contribution in [2.45, 2.75) is 6.61 Å². The third-order valence-electron chi connectivity index (χ3n) is 5.83. The van der Waals surface area contributed by atoms with Gasteiger partial charge in [-0.1, -0.05) is 64.5 Å². The van der Waals surface area contributed by atoms with Gasteiger partial charge in [-0.2, -0.15) is 0 Å². The zero-order valence-corrected chi connectivity index (χ0v) is 22.3. The third kappa shape index (κ3) is 5.27. The Morgan fingerprint density at radius 2 is 1.39 bits per heavy atom. The number of para-hydroxylation sites is 2. The van der Waals surface area contributed by atoms with Crippen molar-refractivity contribution in [2.75, 3.05) is 9.80 Å². The quantitative estimate of drug-likeness (QED) is 0.140. The van der Waals surface area contributed by atoms with Crippen LogP contribution in [0, 0.1) is 5.82 Å². The third-order valence-corrected chi connectivity index (χ3v) is 6.69. The number of amides is 2. The highest BCUT2D eigenvalue weighted by Crippen LogP contribution is 2.32. The van der Waals surface area contributed by atoms with Crippen molar-refractivity contribution in [3.63, 3.8) is 0 Å². The van der Waals surface area contributed by atoms with Crippen molar-refractivity contribution >= 4 is 62.5 Å². The summed E-state index contributed by atoms with van der Waals surface area (Å²) in [6, 6.07) is 29.3. The Bertz CT molecular complexity index is 1500. The SMILES string of the molecule is O=C1C(=Cc2cc(Br)ccc2OCc2cccc(F)c2)C(=O)N(c2ccccc2)C(=S)N1c1ccccc1. The molecule has 4 aromatic carbocycles. The molecule has 1 aliphatic heterocycles. The monoisotopic (exact) mass is 586 g/mol. The average Bonchev–Trinajstić information content (AvgIpc) is 2.92. The summed E-state index contributed by atoms with van der Waals surface area (Å²) in [5.74, 6) is -1.03. The van der Waals surface area contributed by atoms with E-state index in [-0.39, 0.29) is 23.1 Å². The van der Waals surface area contributed by atoms with Crippen molar-refractivity contribution in [3.8, 4) is 5.75 Å². The van der Waals surface area contributed by atoms with E-state index in [1.165, 1.54) is 28.0 Å². The fourth-order valence-corrected chi connectivity index (χ4v) is 4.80. The molecule has 0 aliphatic carbocycles. The number of ether oxygens (including phenoxy) is 1. The molecule has 1 fully saturated rings. The molecule has 5 rings (SSSR count). The summed E-state index contributed by atoms with van der Waals surface area (Å²) in [6.45, 7) is 0.105. The summed E-state index contributed by atoms with van der Waals surface area (Å²) in [5.41, 5.74) is 2.14. The lowest BCUT2D eigenvalue weighted by Crippen LogP contribution is -2.56. The number of hydrogen-bond donors (Lipinski definition) is 0. The van der Waals surface area contributed by atoms with Crippen molar-refractivity contribution in [1.82, 2.24) is 0 Å². The number of rotatable bonds is 6. The van der Waals surface area contributed by atoms with Crippen molar-refractivity contribution in [3.05, 3.63) is 130 Å². The van der Waals surface area contributed by atoms with Crippen LogP contribution in [0.1, 0.15) is 11.1 Å². The number of carbonyl (C=O) groups excluding carboxylic acids is 2. The molecule has 0 atom stereocenters. The number of carbonyl (C=O) groups is 2. The average molecular weight is 587 g/mol. The molecule has 0 spiro atoms. The molecule has 2 amide bonds. The van der Waals surface area contributed by atoms with Gasteiger partial charge in [0, 0.05) is 10.0 Å². The van der Waals surface area contributed by atoms with Crippen LogP contribution in [0.3, 0.4) is 0 Å². The predicted molar refractivity (Wildman–Crippen MR) is 153 cm³/mol. The first-order valence-electron chi connectivity index (χ1n) is 11.6. The molecule has 0 unspecified atom stereocenters. The first-order valence-corrected chi connectivity index (χ1v) is 12.8. The smallest absolute Gasteiger partial charge is 0.270 e. The summed E-state index contributed by atoms with van der Waals surface area (Å²) in [6.07, 6.45) is 1.50. The molecule has 1 aliphatic rings. The fraction of sp³-hybridized carbons (Fsp3) is 0.0333. The topological polar surface area (TPSA) is 49.9 Å². The first kappa shape index (κ1) is 25.5. The molecule has 38 heavy (non-hydrogen) atoms. The maximum atomic E-state index is 13.8. The molecule has 5 nitrogen and oxygen atoms in total. The summed E-state index contributed by atoms with van der Waals surface area (Å²) >= 11 is 9.12. The summed E-state index contributed by atoms with van der Waals surface area (Å²) in [5, 5.41) is 0.0615. The molecular formula is C30H20BrFN2O3S. The van der Waals surface area contributed by atoms with Gasteiger partial charge < -0.3 is 4.74 Å². The molecule has 0 aromatic heterocycles. The molecule has 0 bridgehead atoms. The van der Waals surface area contributed by atoms with Crippen LogP contribution < -0.4 is 14.5 Å². The van der Waals surface area contributed by atoms with E-state index >= 15 is 0 Å². The summed E-state index contributed by atoms with van der Waals surface area (Å²) in [4.78, 5) is 30.2. The Labute approximate surface area is 232 Å². The van der Waals surface area contributed by atoms with E-state index in [1.54, 1.807) is 78.9 Å². The predicted octanol–water partition coefficient (Wildman–Crippen LogP) is 6.92. The van der Waals surface area contributed by atoms with Gasteiger partial charge in [-0.15, -0.1) is 0 Å². The molecule has 4 aromatic rings. The normalized spacial score (nSPS) is 13.6. The maximum absolute atomic E-state index is 13.8. The van der Waals surface area contributed by atoms with Crippen LogP contribution in [0.15, 0.2) is 113 Å². The minimum Gasteiger partial charge on any atom is -0.488 e. The fourth-order valence-electron chi connectivity index (χ4n) is 4.05. The number of benzene rings is 4. The van der Waals surface area contributed by atoms with Crippen LogP contribution >= 0.6 is 28.1 Å². The van der Waals surface area contributed by atoms with Crippen molar-refractivity contribution in [2.24, 2.45) is 0 Å². The van der Waals surface area contributed by atoms with Crippen LogP contribution in [-0.4, -0.2) is 16.9 Å². The number of hydrogen-bond acceptors (Lipinski definition) is 4. The van der Waals surface area contributed by atoms with E-state index in [0.29, 0.717) is 28.3 Å². The number of nitrogens with zero attached hydrogens (tertiary/aromatic N) is 2. The van der Waals surface area contributed by atoms with Gasteiger partial charge in [-0.05, 0) is 78.5 Å². The van der Waals surface area contributed by atoms with Gasteiger partial charge in [0.1, 0.15) is 23.7 Å². The van der Waals surface area contributed by atoms with Crippen LogP contribution in [0.25, 0.3) is 6.08 Å². The van der Waals surface area contributed by atoms with Crippen LogP contribution in [0.4, 0.5) is 15.8 Å². The Hall–Kier alpha value is -4.14. The highest BCUT2D eigenvalue weighted by Gasteiger charge is 2.41. The second kappa shape index (κ2) is 11.1. The lowest BCUT2D eigenvalue weighted by molar-refractivity contribution is -0.120. The van der Waals surface area contributed by atoms with E-state index in [4.69, 9.17) is 17.0 Å². The molecule has 188 valence electrons. The second-order valence-electron chi connectivity index (χ2n) is 8.39. The molecule has 0 N–H and O–H groups in total. The highest BCUT2D eigenvalue weighted by atomic mass is 79.9. The maximum Gasteiger partial charge on any atom is 0.270 e. The van der Waals surface area contributed by atoms with Crippen molar-refractivity contribution in [1.29, 1.82) is 0 Å². The summed E-state index contributed by atoms with van der Waals surface area (Å²) in [7, 11) is 0. The van der Waals surface area contributed by atoms with Crippen LogP contribution in [-0.2, 0) is 16.2 Å². The van der Waals surface area contributed by atoms with Gasteiger partial charge in [0.2, 0.25) is 0 Å². The second-order valence-corrected chi connectivity index (χ2v) is 9.67.